The Labute approximate surface area is 180 Å². The molecular weight excluding hydrogens is 396 g/mol. The second-order valence-corrected chi connectivity index (χ2v) is 8.64. The van der Waals surface area contributed by atoms with Gasteiger partial charge in [-0.05, 0) is 43.0 Å². The van der Waals surface area contributed by atoms with Crippen molar-refractivity contribution in [3.8, 4) is 0 Å². The maximum atomic E-state index is 12.7. The van der Waals surface area contributed by atoms with Crippen LogP contribution >= 0.6 is 11.3 Å². The lowest BCUT2D eigenvalue weighted by molar-refractivity contribution is -0.122. The van der Waals surface area contributed by atoms with Crippen LogP contribution in [0.25, 0.3) is 0 Å². The molecule has 2 heterocycles. The molecular formula is C23H24N4O2S. The molecule has 1 saturated heterocycles. The molecule has 1 aromatic heterocycles. The monoisotopic (exact) mass is 420 g/mol. The van der Waals surface area contributed by atoms with E-state index in [2.05, 4.69) is 27.6 Å². The number of carbonyl (C=O) groups excluding carboxylic acids is 2. The van der Waals surface area contributed by atoms with Gasteiger partial charge in [-0.1, -0.05) is 53.8 Å². The fourth-order valence-corrected chi connectivity index (χ4v) is 4.41. The van der Waals surface area contributed by atoms with Crippen LogP contribution in [0.3, 0.4) is 0 Å². The molecule has 1 N–H and O–H groups in total. The fraction of sp³-hybridized carbons (Fsp3) is 0.304. The molecule has 0 spiro atoms. The fourth-order valence-electron chi connectivity index (χ4n) is 3.63. The van der Waals surface area contributed by atoms with Crippen LogP contribution in [0.2, 0.25) is 0 Å². The summed E-state index contributed by atoms with van der Waals surface area (Å²) in [5.41, 5.74) is 3.23. The zero-order valence-electron chi connectivity index (χ0n) is 16.9. The van der Waals surface area contributed by atoms with Gasteiger partial charge in [0.1, 0.15) is 5.01 Å². The Morgan fingerprint density at radius 3 is 2.77 bits per heavy atom. The number of benzene rings is 2. The molecule has 0 bridgehead atoms. The van der Waals surface area contributed by atoms with Crippen molar-refractivity contribution in [2.24, 2.45) is 5.92 Å². The summed E-state index contributed by atoms with van der Waals surface area (Å²) in [6, 6.07) is 18.1. The Morgan fingerprint density at radius 2 is 1.97 bits per heavy atom. The summed E-state index contributed by atoms with van der Waals surface area (Å²) < 4.78 is 0. The Morgan fingerprint density at radius 1 is 1.13 bits per heavy atom. The average molecular weight is 421 g/mol. The molecule has 6 nitrogen and oxygen atoms in total. The highest BCUT2D eigenvalue weighted by Crippen LogP contribution is 2.27. The first-order valence-electron chi connectivity index (χ1n) is 10.1. The SMILES string of the molecule is Cc1cccc(N2CC(C(=O)Nc3nnc(CCCc4ccccc4)s3)CC2=O)c1. The van der Waals surface area contributed by atoms with Gasteiger partial charge in [0.15, 0.2) is 0 Å². The predicted octanol–water partition coefficient (Wildman–Crippen LogP) is 4.01. The normalized spacial score (nSPS) is 16.1. The lowest BCUT2D eigenvalue weighted by Gasteiger charge is -2.17. The predicted molar refractivity (Wildman–Crippen MR) is 119 cm³/mol. The lowest BCUT2D eigenvalue weighted by atomic mass is 10.1. The molecule has 0 aliphatic carbocycles. The molecule has 30 heavy (non-hydrogen) atoms. The molecule has 1 atom stereocenters. The molecule has 154 valence electrons. The number of nitrogens with zero attached hydrogens (tertiary/aromatic N) is 3. The van der Waals surface area contributed by atoms with Gasteiger partial charge in [0.25, 0.3) is 0 Å². The van der Waals surface area contributed by atoms with E-state index in [-0.39, 0.29) is 24.2 Å². The van der Waals surface area contributed by atoms with Gasteiger partial charge in [-0.25, -0.2) is 0 Å². The number of anilines is 2. The summed E-state index contributed by atoms with van der Waals surface area (Å²) in [6.45, 7) is 2.37. The zero-order chi connectivity index (χ0) is 20.9. The van der Waals surface area contributed by atoms with Gasteiger partial charge in [0.2, 0.25) is 16.9 Å². The molecule has 1 aliphatic rings. The van der Waals surface area contributed by atoms with E-state index in [0.717, 1.165) is 35.5 Å². The Bertz CT molecular complexity index is 1030. The van der Waals surface area contributed by atoms with Crippen LogP contribution in [-0.4, -0.2) is 28.6 Å². The van der Waals surface area contributed by atoms with Gasteiger partial charge in [0, 0.05) is 25.1 Å². The van der Waals surface area contributed by atoms with Crippen molar-refractivity contribution in [3.63, 3.8) is 0 Å². The second kappa shape index (κ2) is 9.17. The molecule has 1 aliphatic heterocycles. The van der Waals surface area contributed by atoms with Crippen molar-refractivity contribution in [2.75, 3.05) is 16.8 Å². The van der Waals surface area contributed by atoms with E-state index < -0.39 is 0 Å². The Hall–Kier alpha value is -3.06. The smallest absolute Gasteiger partial charge is 0.231 e. The quantitative estimate of drug-likeness (QED) is 0.627. The number of hydrogen-bond donors (Lipinski definition) is 1. The number of rotatable bonds is 7. The van der Waals surface area contributed by atoms with Gasteiger partial charge in [-0.15, -0.1) is 10.2 Å². The van der Waals surface area contributed by atoms with Gasteiger partial charge >= 0.3 is 0 Å². The van der Waals surface area contributed by atoms with Crippen LogP contribution in [0, 0.1) is 12.8 Å². The minimum absolute atomic E-state index is 0.0281. The number of aromatic nitrogens is 2. The van der Waals surface area contributed by atoms with Crippen molar-refractivity contribution in [2.45, 2.75) is 32.6 Å². The van der Waals surface area contributed by atoms with E-state index in [9.17, 15) is 9.59 Å². The summed E-state index contributed by atoms with van der Waals surface area (Å²) in [7, 11) is 0. The third-order valence-electron chi connectivity index (χ3n) is 5.21. The summed E-state index contributed by atoms with van der Waals surface area (Å²) in [5, 5.41) is 12.5. The largest absolute Gasteiger partial charge is 0.312 e. The molecule has 1 unspecified atom stereocenters. The third-order valence-corrected chi connectivity index (χ3v) is 6.10. The maximum Gasteiger partial charge on any atom is 0.231 e. The first-order chi connectivity index (χ1) is 14.6. The van der Waals surface area contributed by atoms with Crippen molar-refractivity contribution in [1.82, 2.24) is 10.2 Å². The van der Waals surface area contributed by atoms with Crippen LogP contribution in [-0.2, 0) is 22.4 Å². The van der Waals surface area contributed by atoms with Crippen molar-refractivity contribution in [1.29, 1.82) is 0 Å². The topological polar surface area (TPSA) is 75.2 Å². The summed E-state index contributed by atoms with van der Waals surface area (Å²) in [6.07, 6.45) is 3.00. The molecule has 1 fully saturated rings. The first-order valence-corrected chi connectivity index (χ1v) is 10.9. The molecule has 2 amide bonds. The van der Waals surface area contributed by atoms with E-state index in [4.69, 9.17) is 0 Å². The van der Waals surface area contributed by atoms with Crippen LogP contribution in [0.5, 0.6) is 0 Å². The molecule has 0 radical (unpaired) electrons. The van der Waals surface area contributed by atoms with Gasteiger partial charge < -0.3 is 10.2 Å². The maximum absolute atomic E-state index is 12.7. The molecule has 7 heteroatoms. The van der Waals surface area contributed by atoms with Crippen molar-refractivity contribution in [3.05, 3.63) is 70.7 Å². The molecule has 4 rings (SSSR count). The van der Waals surface area contributed by atoms with E-state index >= 15 is 0 Å². The Kier molecular flexibility index (Phi) is 6.18. The molecule has 3 aromatic rings. The lowest BCUT2D eigenvalue weighted by Crippen LogP contribution is -2.28. The third kappa shape index (κ3) is 4.91. The van der Waals surface area contributed by atoms with Crippen LogP contribution < -0.4 is 10.2 Å². The number of hydrogen-bond acceptors (Lipinski definition) is 5. The molecule has 2 aromatic carbocycles. The standard InChI is InChI=1S/C23H24N4O2S/c1-16-7-5-11-19(13-16)27-15-18(14-21(27)28)22(29)24-23-26-25-20(30-23)12-6-10-17-8-3-2-4-9-17/h2-5,7-9,11,13,18H,6,10,12,14-15H2,1H3,(H,24,26,29). The number of amides is 2. The number of nitrogens with one attached hydrogen (secondary N) is 1. The van der Waals surface area contributed by atoms with Gasteiger partial charge in [0.05, 0.1) is 5.92 Å². The number of aryl methyl sites for hydroxylation is 3. The minimum atomic E-state index is -0.386. The van der Waals surface area contributed by atoms with Crippen LogP contribution in [0.15, 0.2) is 54.6 Å². The minimum Gasteiger partial charge on any atom is -0.312 e. The molecule has 0 saturated carbocycles. The first kappa shape index (κ1) is 20.2. The summed E-state index contributed by atoms with van der Waals surface area (Å²) >= 11 is 1.40. The summed E-state index contributed by atoms with van der Waals surface area (Å²) in [5.74, 6) is -0.589. The highest BCUT2D eigenvalue weighted by molar-refractivity contribution is 7.15. The van der Waals surface area contributed by atoms with Gasteiger partial charge in [-0.2, -0.15) is 0 Å². The number of carbonyl (C=O) groups is 2. The Balaban J connectivity index is 1.29. The highest BCUT2D eigenvalue weighted by Gasteiger charge is 2.35. The average Bonchev–Trinajstić information content (AvgIpc) is 3.35. The van der Waals surface area contributed by atoms with E-state index in [1.807, 2.05) is 49.4 Å². The van der Waals surface area contributed by atoms with E-state index in [0.29, 0.717) is 11.7 Å². The van der Waals surface area contributed by atoms with E-state index in [1.165, 1.54) is 16.9 Å². The van der Waals surface area contributed by atoms with Crippen molar-refractivity contribution >= 4 is 34.0 Å². The zero-order valence-corrected chi connectivity index (χ0v) is 17.7. The van der Waals surface area contributed by atoms with E-state index in [1.54, 1.807) is 4.90 Å². The van der Waals surface area contributed by atoms with Crippen LogP contribution in [0.4, 0.5) is 10.8 Å². The van der Waals surface area contributed by atoms with Crippen LogP contribution in [0.1, 0.15) is 29.0 Å². The van der Waals surface area contributed by atoms with Crippen molar-refractivity contribution < 1.29 is 9.59 Å². The second-order valence-electron chi connectivity index (χ2n) is 7.57. The summed E-state index contributed by atoms with van der Waals surface area (Å²) in [4.78, 5) is 26.8. The highest BCUT2D eigenvalue weighted by atomic mass is 32.1. The van der Waals surface area contributed by atoms with Gasteiger partial charge in [-0.3, -0.25) is 9.59 Å².